The second-order valence-corrected chi connectivity index (χ2v) is 6.78. The molecule has 0 N–H and O–H groups in total. The molecule has 0 spiro atoms. The Bertz CT molecular complexity index is 920. The predicted molar refractivity (Wildman–Crippen MR) is 98.6 cm³/mol. The first kappa shape index (κ1) is 17.1. The number of para-hydroxylation sites is 1. The molecule has 0 bridgehead atoms. The zero-order valence-corrected chi connectivity index (χ0v) is 15.0. The van der Waals surface area contributed by atoms with Gasteiger partial charge in [-0.2, -0.15) is 0 Å². The average Bonchev–Trinajstić information content (AvgIpc) is 3.14. The Balaban J connectivity index is 2.02. The van der Waals surface area contributed by atoms with Gasteiger partial charge in [0.25, 0.3) is 5.91 Å². The van der Waals surface area contributed by atoms with Crippen molar-refractivity contribution in [3.8, 4) is 10.6 Å². The molecule has 0 saturated carbocycles. The Morgan fingerprint density at radius 1 is 1.16 bits per heavy atom. The highest BCUT2D eigenvalue weighted by molar-refractivity contribution is 7.13. The van der Waals surface area contributed by atoms with E-state index in [4.69, 9.17) is 4.74 Å². The van der Waals surface area contributed by atoms with Crippen LogP contribution in [0.4, 0.5) is 0 Å². The van der Waals surface area contributed by atoms with E-state index < -0.39 is 12.1 Å². The van der Waals surface area contributed by atoms with Crippen LogP contribution in [0.5, 0.6) is 0 Å². The van der Waals surface area contributed by atoms with Crippen LogP contribution in [0.25, 0.3) is 21.5 Å². The van der Waals surface area contributed by atoms with E-state index in [1.54, 1.807) is 38.4 Å². The number of benzene rings is 1. The number of carbonyl (C=O) groups excluding carboxylic acids is 2. The minimum atomic E-state index is -0.848. The van der Waals surface area contributed by atoms with Gasteiger partial charge in [0.2, 0.25) is 0 Å². The monoisotopic (exact) mass is 354 g/mol. The SMILES string of the molecule is C[C@H](OC(=O)c1cc(-c2cccs2)nc2ccccc12)C(=O)N(C)C. The second kappa shape index (κ2) is 7.03. The van der Waals surface area contributed by atoms with Crippen LogP contribution in [0.3, 0.4) is 0 Å². The second-order valence-electron chi connectivity index (χ2n) is 5.83. The van der Waals surface area contributed by atoms with Crippen LogP contribution in [-0.2, 0) is 9.53 Å². The number of fused-ring (bicyclic) bond motifs is 1. The number of nitrogens with zero attached hydrogens (tertiary/aromatic N) is 2. The lowest BCUT2D eigenvalue weighted by atomic mass is 10.1. The van der Waals surface area contributed by atoms with Crippen molar-refractivity contribution in [2.45, 2.75) is 13.0 Å². The molecular weight excluding hydrogens is 336 g/mol. The fourth-order valence-corrected chi connectivity index (χ4v) is 3.22. The number of pyridine rings is 1. The summed E-state index contributed by atoms with van der Waals surface area (Å²) in [6, 6.07) is 13.0. The molecule has 0 saturated heterocycles. The van der Waals surface area contributed by atoms with Crippen molar-refractivity contribution in [3.63, 3.8) is 0 Å². The first-order valence-electron chi connectivity index (χ1n) is 7.83. The van der Waals surface area contributed by atoms with Crippen molar-refractivity contribution < 1.29 is 14.3 Å². The number of esters is 1. The average molecular weight is 354 g/mol. The summed E-state index contributed by atoms with van der Waals surface area (Å²) in [5.74, 6) is -0.788. The van der Waals surface area contributed by atoms with Gasteiger partial charge in [-0.15, -0.1) is 11.3 Å². The lowest BCUT2D eigenvalue weighted by Gasteiger charge is -2.18. The summed E-state index contributed by atoms with van der Waals surface area (Å²) in [5, 5.41) is 2.67. The van der Waals surface area contributed by atoms with Crippen molar-refractivity contribution in [2.75, 3.05) is 14.1 Å². The van der Waals surface area contributed by atoms with Crippen molar-refractivity contribution in [2.24, 2.45) is 0 Å². The molecule has 0 aliphatic carbocycles. The Labute approximate surface area is 149 Å². The zero-order chi connectivity index (χ0) is 18.0. The number of carbonyl (C=O) groups is 2. The fourth-order valence-electron chi connectivity index (χ4n) is 2.53. The zero-order valence-electron chi connectivity index (χ0n) is 14.2. The summed E-state index contributed by atoms with van der Waals surface area (Å²) in [4.78, 5) is 31.7. The number of hydrogen-bond donors (Lipinski definition) is 0. The summed E-state index contributed by atoms with van der Waals surface area (Å²) in [5.41, 5.74) is 1.84. The van der Waals surface area contributed by atoms with Crippen LogP contribution in [0.2, 0.25) is 0 Å². The molecule has 6 heteroatoms. The van der Waals surface area contributed by atoms with E-state index in [0.717, 1.165) is 4.88 Å². The van der Waals surface area contributed by atoms with Crippen molar-refractivity contribution >= 4 is 34.1 Å². The smallest absolute Gasteiger partial charge is 0.339 e. The van der Waals surface area contributed by atoms with Gasteiger partial charge >= 0.3 is 5.97 Å². The number of aromatic nitrogens is 1. The molecule has 128 valence electrons. The minimum Gasteiger partial charge on any atom is -0.449 e. The Hall–Kier alpha value is -2.73. The highest BCUT2D eigenvalue weighted by Gasteiger charge is 2.22. The molecule has 1 atom stereocenters. The van der Waals surface area contributed by atoms with Crippen LogP contribution < -0.4 is 0 Å². The van der Waals surface area contributed by atoms with Gasteiger partial charge in [-0.05, 0) is 30.5 Å². The molecule has 25 heavy (non-hydrogen) atoms. The van der Waals surface area contributed by atoms with Gasteiger partial charge in [0.1, 0.15) is 0 Å². The van der Waals surface area contributed by atoms with E-state index in [-0.39, 0.29) is 5.91 Å². The third-order valence-electron chi connectivity index (χ3n) is 3.78. The van der Waals surface area contributed by atoms with Gasteiger partial charge in [-0.3, -0.25) is 4.79 Å². The van der Waals surface area contributed by atoms with Crippen LogP contribution in [0, 0.1) is 0 Å². The third-order valence-corrected chi connectivity index (χ3v) is 4.67. The number of hydrogen-bond acceptors (Lipinski definition) is 5. The van der Waals surface area contributed by atoms with Crippen molar-refractivity contribution in [1.82, 2.24) is 9.88 Å². The third kappa shape index (κ3) is 3.53. The van der Waals surface area contributed by atoms with Gasteiger partial charge < -0.3 is 9.64 Å². The minimum absolute atomic E-state index is 0.259. The van der Waals surface area contributed by atoms with Crippen LogP contribution in [0.1, 0.15) is 17.3 Å². The van der Waals surface area contributed by atoms with E-state index in [1.165, 1.54) is 4.90 Å². The lowest BCUT2D eigenvalue weighted by Crippen LogP contribution is -2.34. The fraction of sp³-hybridized carbons (Fsp3) is 0.211. The Kier molecular flexibility index (Phi) is 4.81. The first-order chi connectivity index (χ1) is 12.0. The highest BCUT2D eigenvalue weighted by atomic mass is 32.1. The largest absolute Gasteiger partial charge is 0.449 e. The number of rotatable bonds is 4. The predicted octanol–water partition coefficient (Wildman–Crippen LogP) is 3.60. The van der Waals surface area contributed by atoms with E-state index in [9.17, 15) is 9.59 Å². The molecule has 1 amide bonds. The Morgan fingerprint density at radius 3 is 2.60 bits per heavy atom. The summed E-state index contributed by atoms with van der Waals surface area (Å²) < 4.78 is 5.39. The lowest BCUT2D eigenvalue weighted by molar-refractivity contribution is -0.137. The number of thiophene rings is 1. The number of ether oxygens (including phenoxy) is 1. The van der Waals surface area contributed by atoms with Crippen LogP contribution in [-0.4, -0.2) is 42.0 Å². The molecule has 0 unspecified atom stereocenters. The van der Waals surface area contributed by atoms with Crippen molar-refractivity contribution in [1.29, 1.82) is 0 Å². The standard InChI is InChI=1S/C19H18N2O3S/c1-12(18(22)21(2)3)24-19(23)14-11-16(17-9-6-10-25-17)20-15-8-5-4-7-13(14)15/h4-12H,1-3H3/t12-/m0/s1. The maximum absolute atomic E-state index is 12.7. The van der Waals surface area contributed by atoms with E-state index in [2.05, 4.69) is 4.98 Å². The molecule has 3 aromatic rings. The summed E-state index contributed by atoms with van der Waals surface area (Å²) in [6.07, 6.45) is -0.848. The molecule has 0 fully saturated rings. The van der Waals surface area contributed by atoms with Gasteiger partial charge in [-0.1, -0.05) is 24.3 Å². The molecule has 0 aliphatic heterocycles. The van der Waals surface area contributed by atoms with E-state index in [0.29, 0.717) is 22.2 Å². The van der Waals surface area contributed by atoms with Gasteiger partial charge in [-0.25, -0.2) is 9.78 Å². The maximum Gasteiger partial charge on any atom is 0.339 e. The summed E-state index contributed by atoms with van der Waals surface area (Å²) >= 11 is 1.55. The summed E-state index contributed by atoms with van der Waals surface area (Å²) in [6.45, 7) is 1.57. The van der Waals surface area contributed by atoms with Crippen LogP contribution in [0.15, 0.2) is 47.8 Å². The molecule has 0 aliphatic rings. The molecule has 0 radical (unpaired) electrons. The molecular formula is C19H18N2O3S. The van der Waals surface area contributed by atoms with E-state index >= 15 is 0 Å². The molecule has 3 rings (SSSR count). The topological polar surface area (TPSA) is 59.5 Å². The molecule has 5 nitrogen and oxygen atoms in total. The van der Waals surface area contributed by atoms with E-state index in [1.807, 2.05) is 41.8 Å². The van der Waals surface area contributed by atoms with Crippen LogP contribution >= 0.6 is 11.3 Å². The Morgan fingerprint density at radius 2 is 1.92 bits per heavy atom. The molecule has 2 aromatic heterocycles. The highest BCUT2D eigenvalue weighted by Crippen LogP contribution is 2.28. The maximum atomic E-state index is 12.7. The molecule has 2 heterocycles. The van der Waals surface area contributed by atoms with Gasteiger partial charge in [0.15, 0.2) is 6.10 Å². The number of amides is 1. The molecule has 1 aromatic carbocycles. The quantitative estimate of drug-likeness (QED) is 0.672. The number of likely N-dealkylation sites (N-methyl/N-ethyl adjacent to an activating group) is 1. The van der Waals surface area contributed by atoms with Gasteiger partial charge in [0.05, 0.1) is 21.7 Å². The summed E-state index contributed by atoms with van der Waals surface area (Å²) in [7, 11) is 3.26. The first-order valence-corrected chi connectivity index (χ1v) is 8.71. The van der Waals surface area contributed by atoms with Crippen molar-refractivity contribution in [3.05, 3.63) is 53.4 Å². The normalized spacial score (nSPS) is 12.0. The van der Waals surface area contributed by atoms with Gasteiger partial charge in [0, 0.05) is 19.5 Å².